The van der Waals surface area contributed by atoms with E-state index >= 15 is 0 Å². The highest BCUT2D eigenvalue weighted by Gasteiger charge is 2.17. The minimum absolute atomic E-state index is 0.00143. The molecule has 12 heavy (non-hydrogen) atoms. The Labute approximate surface area is 70.2 Å². The number of nitrogens with one attached hydrogen (secondary N) is 2. The van der Waals surface area contributed by atoms with Crippen LogP contribution in [-0.2, 0) is 0 Å². The second-order valence-corrected chi connectivity index (χ2v) is 3.21. The van der Waals surface area contributed by atoms with Crippen LogP contribution in [0.1, 0.15) is 13.8 Å². The van der Waals surface area contributed by atoms with Crippen molar-refractivity contribution in [2.24, 2.45) is 0 Å². The predicted molar refractivity (Wildman–Crippen MR) is 45.6 cm³/mol. The van der Waals surface area contributed by atoms with Crippen LogP contribution in [0.25, 0.3) is 0 Å². The Bertz CT molecular complexity index is 256. The third kappa shape index (κ3) is 2.09. The van der Waals surface area contributed by atoms with Crippen LogP contribution in [0.3, 0.4) is 0 Å². The van der Waals surface area contributed by atoms with E-state index < -0.39 is 5.54 Å². The van der Waals surface area contributed by atoms with Gasteiger partial charge in [0.05, 0.1) is 12.1 Å². The molecule has 1 heterocycles. The number of rotatable bonds is 3. The first-order chi connectivity index (χ1) is 5.53. The number of aromatic nitrogens is 3. The number of aliphatic hydroxyl groups is 1. The van der Waals surface area contributed by atoms with Crippen LogP contribution in [0.2, 0.25) is 0 Å². The van der Waals surface area contributed by atoms with E-state index in [9.17, 15) is 0 Å². The van der Waals surface area contributed by atoms with Gasteiger partial charge in [0, 0.05) is 0 Å². The van der Waals surface area contributed by atoms with Gasteiger partial charge in [0.2, 0.25) is 11.9 Å². The molecule has 6 nitrogen and oxygen atoms in total. The normalized spacial score (nSPS) is 11.6. The quantitative estimate of drug-likeness (QED) is 0.494. The molecule has 0 bridgehead atoms. The van der Waals surface area contributed by atoms with Gasteiger partial charge in [-0.25, -0.2) is 5.10 Å². The van der Waals surface area contributed by atoms with Crippen molar-refractivity contribution >= 4 is 11.9 Å². The molecule has 6 heteroatoms. The van der Waals surface area contributed by atoms with Crippen molar-refractivity contribution < 1.29 is 5.11 Å². The van der Waals surface area contributed by atoms with Crippen LogP contribution in [-0.4, -0.2) is 32.4 Å². The van der Waals surface area contributed by atoms with E-state index in [4.69, 9.17) is 10.8 Å². The standard InChI is InChI=1S/C6H13N5O/c1-6(2,3-12)9-5-8-4(7)10-11-5/h12H,3H2,1-2H3,(H4,7,8,9,10,11). The van der Waals surface area contributed by atoms with Crippen LogP contribution in [0, 0.1) is 0 Å². The van der Waals surface area contributed by atoms with E-state index in [-0.39, 0.29) is 12.6 Å². The summed E-state index contributed by atoms with van der Waals surface area (Å²) >= 11 is 0. The highest BCUT2D eigenvalue weighted by Crippen LogP contribution is 2.09. The number of hydrogen-bond acceptors (Lipinski definition) is 5. The minimum Gasteiger partial charge on any atom is -0.394 e. The van der Waals surface area contributed by atoms with Crippen LogP contribution in [0.4, 0.5) is 11.9 Å². The van der Waals surface area contributed by atoms with E-state index in [0.29, 0.717) is 5.95 Å². The highest BCUT2D eigenvalue weighted by molar-refractivity contribution is 5.32. The van der Waals surface area contributed by atoms with Crippen molar-refractivity contribution in [2.75, 3.05) is 17.7 Å². The van der Waals surface area contributed by atoms with Crippen molar-refractivity contribution in [2.45, 2.75) is 19.4 Å². The summed E-state index contributed by atoms with van der Waals surface area (Å²) in [7, 11) is 0. The lowest BCUT2D eigenvalue weighted by Gasteiger charge is -2.21. The molecule has 0 radical (unpaired) electrons. The van der Waals surface area contributed by atoms with Gasteiger partial charge >= 0.3 is 0 Å². The molecule has 0 fully saturated rings. The average molecular weight is 171 g/mol. The van der Waals surface area contributed by atoms with Crippen molar-refractivity contribution in [1.82, 2.24) is 15.2 Å². The van der Waals surface area contributed by atoms with Crippen molar-refractivity contribution in [3.8, 4) is 0 Å². The zero-order valence-electron chi connectivity index (χ0n) is 7.13. The number of hydrogen-bond donors (Lipinski definition) is 4. The minimum atomic E-state index is -0.436. The number of nitrogens with zero attached hydrogens (tertiary/aromatic N) is 2. The fourth-order valence-corrected chi connectivity index (χ4v) is 0.672. The fourth-order valence-electron chi connectivity index (χ4n) is 0.672. The Morgan fingerprint density at radius 2 is 2.33 bits per heavy atom. The third-order valence-corrected chi connectivity index (χ3v) is 1.35. The number of aromatic amines is 1. The topological polar surface area (TPSA) is 99.8 Å². The SMILES string of the molecule is CC(C)(CO)Nc1n[nH]c(N)n1. The molecule has 0 aliphatic rings. The lowest BCUT2D eigenvalue weighted by atomic mass is 10.1. The number of aliphatic hydroxyl groups excluding tert-OH is 1. The summed E-state index contributed by atoms with van der Waals surface area (Å²) in [6.07, 6.45) is 0. The summed E-state index contributed by atoms with van der Waals surface area (Å²) in [5, 5.41) is 18.1. The third-order valence-electron chi connectivity index (χ3n) is 1.35. The fraction of sp³-hybridized carbons (Fsp3) is 0.667. The predicted octanol–water partition coefficient (Wildman–Crippen LogP) is -0.430. The largest absolute Gasteiger partial charge is 0.394 e. The lowest BCUT2D eigenvalue weighted by Crippen LogP contribution is -2.35. The molecule has 0 aliphatic carbocycles. The molecule has 0 atom stereocenters. The van der Waals surface area contributed by atoms with E-state index in [0.717, 1.165) is 0 Å². The molecule has 68 valence electrons. The first kappa shape index (κ1) is 8.79. The van der Waals surface area contributed by atoms with Crippen molar-refractivity contribution in [3.63, 3.8) is 0 Å². The maximum Gasteiger partial charge on any atom is 0.244 e. The maximum absolute atomic E-state index is 8.90. The van der Waals surface area contributed by atoms with Crippen LogP contribution in [0.15, 0.2) is 0 Å². The second-order valence-electron chi connectivity index (χ2n) is 3.21. The Hall–Kier alpha value is -1.30. The molecule has 0 unspecified atom stereocenters. The highest BCUT2D eigenvalue weighted by atomic mass is 16.3. The Balaban J connectivity index is 2.63. The van der Waals surface area contributed by atoms with Crippen molar-refractivity contribution in [3.05, 3.63) is 0 Å². The molecule has 5 N–H and O–H groups in total. The van der Waals surface area contributed by atoms with Gasteiger partial charge in [-0.2, -0.15) is 4.98 Å². The van der Waals surface area contributed by atoms with Gasteiger partial charge in [-0.15, -0.1) is 5.10 Å². The molecule has 0 amide bonds. The maximum atomic E-state index is 8.90. The molecule has 1 rings (SSSR count). The molecular weight excluding hydrogens is 158 g/mol. The van der Waals surface area contributed by atoms with Gasteiger partial charge in [-0.05, 0) is 13.8 Å². The number of nitrogen functional groups attached to an aromatic ring is 1. The van der Waals surface area contributed by atoms with E-state index in [2.05, 4.69) is 20.5 Å². The summed E-state index contributed by atoms with van der Waals surface area (Å²) < 4.78 is 0. The molecule has 0 aromatic carbocycles. The molecular formula is C6H13N5O. The molecule has 0 saturated heterocycles. The molecule has 0 aliphatic heterocycles. The summed E-state index contributed by atoms with van der Waals surface area (Å²) in [6, 6.07) is 0. The zero-order chi connectivity index (χ0) is 9.19. The monoisotopic (exact) mass is 171 g/mol. The van der Waals surface area contributed by atoms with Gasteiger partial charge in [0.25, 0.3) is 0 Å². The van der Waals surface area contributed by atoms with Gasteiger partial charge in [-0.3, -0.25) is 0 Å². The van der Waals surface area contributed by atoms with E-state index in [1.807, 2.05) is 13.8 Å². The molecule has 0 saturated carbocycles. The number of H-pyrrole nitrogens is 1. The number of nitrogens with two attached hydrogens (primary N) is 1. The smallest absolute Gasteiger partial charge is 0.244 e. The second kappa shape index (κ2) is 2.98. The first-order valence-electron chi connectivity index (χ1n) is 3.60. The lowest BCUT2D eigenvalue weighted by molar-refractivity contribution is 0.233. The Morgan fingerprint density at radius 1 is 1.67 bits per heavy atom. The van der Waals surface area contributed by atoms with Crippen LogP contribution < -0.4 is 11.1 Å². The summed E-state index contributed by atoms with van der Waals surface area (Å²) in [5.41, 5.74) is 4.87. The van der Waals surface area contributed by atoms with Crippen LogP contribution >= 0.6 is 0 Å². The molecule has 0 spiro atoms. The molecule has 1 aromatic rings. The molecule has 1 aromatic heterocycles. The first-order valence-corrected chi connectivity index (χ1v) is 3.60. The number of anilines is 2. The summed E-state index contributed by atoms with van der Waals surface area (Å²) in [6.45, 7) is 3.67. The van der Waals surface area contributed by atoms with Gasteiger partial charge < -0.3 is 16.2 Å². The zero-order valence-corrected chi connectivity index (χ0v) is 7.13. The van der Waals surface area contributed by atoms with Crippen molar-refractivity contribution in [1.29, 1.82) is 0 Å². The van der Waals surface area contributed by atoms with Gasteiger partial charge in [-0.1, -0.05) is 0 Å². The van der Waals surface area contributed by atoms with E-state index in [1.165, 1.54) is 0 Å². The summed E-state index contributed by atoms with van der Waals surface area (Å²) in [4.78, 5) is 3.83. The van der Waals surface area contributed by atoms with Gasteiger partial charge in [0.1, 0.15) is 0 Å². The Morgan fingerprint density at radius 3 is 2.75 bits per heavy atom. The van der Waals surface area contributed by atoms with Gasteiger partial charge in [0.15, 0.2) is 0 Å². The Kier molecular flexibility index (Phi) is 2.18. The van der Waals surface area contributed by atoms with Crippen LogP contribution in [0.5, 0.6) is 0 Å². The van der Waals surface area contributed by atoms with E-state index in [1.54, 1.807) is 0 Å². The summed E-state index contributed by atoms with van der Waals surface area (Å²) in [5.74, 6) is 0.651. The average Bonchev–Trinajstić information content (AvgIpc) is 2.35.